The lowest BCUT2D eigenvalue weighted by Crippen LogP contribution is -2.26. The van der Waals surface area contributed by atoms with Gasteiger partial charge in [-0.25, -0.2) is 13.9 Å². The van der Waals surface area contributed by atoms with Gasteiger partial charge >= 0.3 is 12.1 Å². The van der Waals surface area contributed by atoms with Crippen LogP contribution in [0.5, 0.6) is 0 Å². The first-order chi connectivity index (χ1) is 19.9. The highest BCUT2D eigenvalue weighted by Gasteiger charge is 2.33. The Morgan fingerprint density at radius 3 is 2.80 bits per heavy atom. The fraction of sp³-hybridized carbons (Fsp3) is 0.429. The SMILES string of the molecule is CN(C)CCCCC(=O)OCC1CC(c2ccc(-c3ccc(N4C[C@H](Cn5ccnn5)OC4=O)cc3F)cn2)=NO1. The molecule has 3 aromatic rings. The lowest BCUT2D eigenvalue weighted by atomic mass is 10.0. The van der Waals surface area contributed by atoms with Gasteiger partial charge in [0, 0.05) is 36.4 Å². The summed E-state index contributed by atoms with van der Waals surface area (Å²) in [6.07, 6.45) is 6.01. The van der Waals surface area contributed by atoms with Crippen molar-refractivity contribution in [1.29, 1.82) is 0 Å². The highest BCUT2D eigenvalue weighted by Crippen LogP contribution is 2.29. The smallest absolute Gasteiger partial charge is 0.414 e. The fourth-order valence-corrected chi connectivity index (χ4v) is 4.62. The van der Waals surface area contributed by atoms with Gasteiger partial charge in [0.05, 0.1) is 30.7 Å². The highest BCUT2D eigenvalue weighted by atomic mass is 19.1. The number of unbranched alkanes of at least 4 members (excludes halogenated alkanes) is 1. The predicted octanol–water partition coefficient (Wildman–Crippen LogP) is 3.27. The molecule has 13 heteroatoms. The molecule has 0 aliphatic carbocycles. The maximum atomic E-state index is 15.1. The van der Waals surface area contributed by atoms with E-state index < -0.39 is 18.0 Å². The molecule has 4 heterocycles. The molecule has 5 rings (SSSR count). The van der Waals surface area contributed by atoms with E-state index in [9.17, 15) is 9.59 Å². The number of amides is 1. The molecule has 1 aromatic carbocycles. The number of halogens is 1. The van der Waals surface area contributed by atoms with Gasteiger partial charge in [0.15, 0.2) is 6.10 Å². The Morgan fingerprint density at radius 2 is 2.07 bits per heavy atom. The summed E-state index contributed by atoms with van der Waals surface area (Å²) in [4.78, 5) is 37.7. The molecule has 2 atom stereocenters. The van der Waals surface area contributed by atoms with E-state index in [1.807, 2.05) is 14.1 Å². The number of cyclic esters (lactones) is 1. The summed E-state index contributed by atoms with van der Waals surface area (Å²) >= 11 is 0. The molecule has 0 spiro atoms. The van der Waals surface area contributed by atoms with Crippen molar-refractivity contribution in [3.8, 4) is 11.1 Å². The molecule has 0 radical (unpaired) electrons. The quantitative estimate of drug-likeness (QED) is 0.240. The second kappa shape index (κ2) is 12.9. The Bertz CT molecular complexity index is 1380. The molecule has 2 aromatic heterocycles. The second-order valence-corrected chi connectivity index (χ2v) is 10.3. The number of anilines is 1. The van der Waals surface area contributed by atoms with Crippen molar-refractivity contribution in [3.63, 3.8) is 0 Å². The summed E-state index contributed by atoms with van der Waals surface area (Å²) in [5.74, 6) is -0.737. The lowest BCUT2D eigenvalue weighted by Gasteiger charge is -2.14. The summed E-state index contributed by atoms with van der Waals surface area (Å²) in [5.41, 5.74) is 2.55. The maximum Gasteiger partial charge on any atom is 0.414 e. The molecule has 216 valence electrons. The third kappa shape index (κ3) is 7.23. The average Bonchev–Trinajstić information content (AvgIpc) is 3.72. The molecule has 0 N–H and O–H groups in total. The lowest BCUT2D eigenvalue weighted by molar-refractivity contribution is -0.147. The van der Waals surface area contributed by atoms with Crippen molar-refractivity contribution in [2.75, 3.05) is 38.7 Å². The van der Waals surface area contributed by atoms with Crippen molar-refractivity contribution < 1.29 is 28.3 Å². The van der Waals surface area contributed by atoms with Gasteiger partial charge in [0.25, 0.3) is 0 Å². The van der Waals surface area contributed by atoms with Crippen LogP contribution in [0.2, 0.25) is 0 Å². The zero-order valence-corrected chi connectivity index (χ0v) is 23.0. The van der Waals surface area contributed by atoms with E-state index in [0.717, 1.165) is 19.4 Å². The normalized spacial score (nSPS) is 18.4. The van der Waals surface area contributed by atoms with Gasteiger partial charge in [-0.05, 0) is 57.7 Å². The number of oxime groups is 1. The summed E-state index contributed by atoms with van der Waals surface area (Å²) in [5, 5.41) is 11.7. The van der Waals surface area contributed by atoms with Crippen molar-refractivity contribution in [1.82, 2.24) is 24.9 Å². The number of nitrogens with zero attached hydrogens (tertiary/aromatic N) is 7. The Hall–Kier alpha value is -4.39. The predicted molar refractivity (Wildman–Crippen MR) is 147 cm³/mol. The van der Waals surface area contributed by atoms with Crippen LogP contribution >= 0.6 is 0 Å². The first-order valence-electron chi connectivity index (χ1n) is 13.5. The molecule has 1 unspecified atom stereocenters. The van der Waals surface area contributed by atoms with E-state index in [1.165, 1.54) is 11.0 Å². The standard InChI is InChI=1S/C28H32FN7O5/c1-34(2)11-4-3-5-27(37)39-18-21-14-26(32-41-21)25-9-6-19(15-30-25)23-8-7-20(13-24(23)29)36-17-22(40-28(36)38)16-35-12-10-31-33-35/h6-10,12-13,15,21-22H,3-5,11,14,16-18H2,1-2H3/t21?,22-/m0/s1. The minimum atomic E-state index is -0.541. The van der Waals surface area contributed by atoms with Gasteiger partial charge in [-0.3, -0.25) is 14.7 Å². The topological polar surface area (TPSA) is 124 Å². The summed E-state index contributed by atoms with van der Waals surface area (Å²) in [6.45, 7) is 1.69. The van der Waals surface area contributed by atoms with Gasteiger partial charge in [-0.2, -0.15) is 0 Å². The van der Waals surface area contributed by atoms with Gasteiger partial charge in [0.2, 0.25) is 0 Å². The van der Waals surface area contributed by atoms with E-state index >= 15 is 4.39 Å². The number of aromatic nitrogens is 4. The van der Waals surface area contributed by atoms with Crippen LogP contribution in [0.3, 0.4) is 0 Å². The van der Waals surface area contributed by atoms with Crippen molar-refractivity contribution in [2.24, 2.45) is 5.16 Å². The van der Waals surface area contributed by atoms with Crippen LogP contribution in [0.4, 0.5) is 14.9 Å². The van der Waals surface area contributed by atoms with Crippen LogP contribution < -0.4 is 4.90 Å². The fourth-order valence-electron chi connectivity index (χ4n) is 4.62. The number of carbonyl (C=O) groups is 2. The van der Waals surface area contributed by atoms with E-state index in [-0.39, 0.29) is 25.2 Å². The first kappa shape index (κ1) is 28.1. The number of hydrogen-bond acceptors (Lipinski definition) is 10. The molecular formula is C28H32FN7O5. The van der Waals surface area contributed by atoms with E-state index in [1.54, 1.807) is 47.5 Å². The maximum absolute atomic E-state index is 15.1. The minimum absolute atomic E-state index is 0.126. The second-order valence-electron chi connectivity index (χ2n) is 10.3. The zero-order valence-electron chi connectivity index (χ0n) is 23.0. The molecule has 0 bridgehead atoms. The largest absolute Gasteiger partial charge is 0.462 e. The van der Waals surface area contributed by atoms with Crippen molar-refractivity contribution in [2.45, 2.75) is 44.4 Å². The Labute approximate surface area is 236 Å². The Balaban J connectivity index is 1.12. The van der Waals surface area contributed by atoms with Crippen LogP contribution in [-0.4, -0.2) is 88.7 Å². The molecular weight excluding hydrogens is 533 g/mol. The molecule has 1 saturated heterocycles. The third-order valence-corrected chi connectivity index (χ3v) is 6.77. The Morgan fingerprint density at radius 1 is 1.20 bits per heavy atom. The molecule has 12 nitrogen and oxygen atoms in total. The molecule has 1 amide bonds. The average molecular weight is 566 g/mol. The van der Waals surface area contributed by atoms with Crippen LogP contribution in [0.1, 0.15) is 31.4 Å². The van der Waals surface area contributed by atoms with Gasteiger partial charge in [0.1, 0.15) is 24.2 Å². The van der Waals surface area contributed by atoms with E-state index in [0.29, 0.717) is 47.6 Å². The number of rotatable bonds is 12. The van der Waals surface area contributed by atoms with E-state index in [2.05, 4.69) is 25.4 Å². The van der Waals surface area contributed by atoms with Gasteiger partial charge < -0.3 is 19.2 Å². The molecule has 2 aliphatic heterocycles. The Kier molecular flexibility index (Phi) is 8.82. The molecule has 2 aliphatic rings. The van der Waals surface area contributed by atoms with Crippen LogP contribution in [0.25, 0.3) is 11.1 Å². The van der Waals surface area contributed by atoms with Crippen LogP contribution in [0.15, 0.2) is 54.1 Å². The number of benzene rings is 1. The van der Waals surface area contributed by atoms with Gasteiger partial charge in [-0.15, -0.1) is 5.10 Å². The number of ether oxygens (including phenoxy) is 2. The van der Waals surface area contributed by atoms with Crippen molar-refractivity contribution >= 4 is 23.5 Å². The van der Waals surface area contributed by atoms with Crippen molar-refractivity contribution in [3.05, 3.63) is 60.4 Å². The highest BCUT2D eigenvalue weighted by molar-refractivity contribution is 5.99. The first-order valence-corrected chi connectivity index (χ1v) is 13.5. The number of hydrogen-bond donors (Lipinski definition) is 0. The summed E-state index contributed by atoms with van der Waals surface area (Å²) in [6, 6.07) is 8.10. The summed E-state index contributed by atoms with van der Waals surface area (Å²) < 4.78 is 27.5. The molecule has 0 saturated carbocycles. The summed E-state index contributed by atoms with van der Waals surface area (Å²) in [7, 11) is 4.00. The third-order valence-electron chi connectivity index (χ3n) is 6.77. The monoisotopic (exact) mass is 565 g/mol. The number of esters is 1. The molecule has 41 heavy (non-hydrogen) atoms. The van der Waals surface area contributed by atoms with Crippen LogP contribution in [-0.2, 0) is 25.7 Å². The number of carbonyl (C=O) groups excluding carboxylic acids is 2. The number of pyridine rings is 1. The van der Waals surface area contributed by atoms with Gasteiger partial charge in [-0.1, -0.05) is 16.4 Å². The zero-order chi connectivity index (χ0) is 28.8. The van der Waals surface area contributed by atoms with E-state index in [4.69, 9.17) is 14.3 Å². The molecule has 1 fully saturated rings. The van der Waals surface area contributed by atoms with Crippen LogP contribution in [0, 0.1) is 5.82 Å². The minimum Gasteiger partial charge on any atom is -0.462 e.